The molecule has 10 nitrogen and oxygen atoms in total. The molecule has 1 atom stereocenters. The molecule has 1 amide bonds. The minimum atomic E-state index is -0.483. The number of amides is 1. The molecule has 2 aromatic heterocycles. The van der Waals surface area contributed by atoms with Gasteiger partial charge in [0.15, 0.2) is 6.23 Å². The molecule has 0 spiro atoms. The van der Waals surface area contributed by atoms with Gasteiger partial charge in [0.25, 0.3) is 0 Å². The highest BCUT2D eigenvalue weighted by molar-refractivity contribution is 5.95. The van der Waals surface area contributed by atoms with Crippen molar-refractivity contribution >= 4 is 22.7 Å². The number of nitrogens with one attached hydrogen (secondary N) is 2. The molecule has 10 heteroatoms. The molecule has 1 unspecified atom stereocenters. The minimum Gasteiger partial charge on any atom is -0.444 e. The normalized spacial score (nSPS) is 16.0. The van der Waals surface area contributed by atoms with E-state index in [1.807, 2.05) is 37.7 Å². The van der Waals surface area contributed by atoms with Crippen LogP contribution in [0.25, 0.3) is 22.0 Å². The van der Waals surface area contributed by atoms with E-state index in [1.165, 1.54) is 0 Å². The highest BCUT2D eigenvalue weighted by Gasteiger charge is 2.20. The van der Waals surface area contributed by atoms with Crippen LogP contribution in [0.5, 0.6) is 0 Å². The first-order valence-electron chi connectivity index (χ1n) is 13.1. The van der Waals surface area contributed by atoms with Gasteiger partial charge in [0, 0.05) is 42.9 Å². The fourth-order valence-electron chi connectivity index (χ4n) is 4.26. The van der Waals surface area contributed by atoms with E-state index in [1.54, 1.807) is 12.4 Å². The predicted octanol–water partition coefficient (Wildman–Crippen LogP) is 4.93. The highest BCUT2D eigenvalue weighted by atomic mass is 16.6. The third kappa shape index (κ3) is 7.87. The largest absolute Gasteiger partial charge is 0.444 e. The van der Waals surface area contributed by atoms with Gasteiger partial charge in [-0.15, -0.1) is 0 Å². The van der Waals surface area contributed by atoms with Crippen molar-refractivity contribution in [3.8, 4) is 11.1 Å². The Morgan fingerprint density at radius 3 is 2.76 bits per heavy atom. The molecule has 3 aromatic rings. The van der Waals surface area contributed by atoms with Crippen LogP contribution in [-0.2, 0) is 14.2 Å². The van der Waals surface area contributed by atoms with E-state index in [0.717, 1.165) is 66.4 Å². The summed E-state index contributed by atoms with van der Waals surface area (Å²) in [7, 11) is 0. The molecule has 1 fully saturated rings. The maximum Gasteiger partial charge on any atom is 0.407 e. The summed E-state index contributed by atoms with van der Waals surface area (Å²) in [4.78, 5) is 11.7. The summed E-state index contributed by atoms with van der Waals surface area (Å²) in [5.74, 6) is 0. The number of alkyl carbamates (subject to hydrolysis) is 1. The Kier molecular flexibility index (Phi) is 9.29. The first-order valence-corrected chi connectivity index (χ1v) is 13.1. The number of hydrogen-bond acceptors (Lipinski definition) is 8. The predicted molar refractivity (Wildman–Crippen MR) is 142 cm³/mol. The average Bonchev–Trinajstić information content (AvgIpc) is 3.32. The summed E-state index contributed by atoms with van der Waals surface area (Å²) in [5, 5.41) is 20.0. The van der Waals surface area contributed by atoms with Gasteiger partial charge in [0.05, 0.1) is 30.7 Å². The molecular formula is C27H38N6O4. The van der Waals surface area contributed by atoms with Crippen LogP contribution in [0.15, 0.2) is 36.8 Å². The number of hydrogen-bond donors (Lipinski definition) is 2. The van der Waals surface area contributed by atoms with Crippen LogP contribution in [0.1, 0.15) is 59.1 Å². The van der Waals surface area contributed by atoms with E-state index in [-0.39, 0.29) is 12.3 Å². The molecule has 200 valence electrons. The van der Waals surface area contributed by atoms with Crippen molar-refractivity contribution < 1.29 is 19.0 Å². The van der Waals surface area contributed by atoms with Gasteiger partial charge in [-0.3, -0.25) is 0 Å². The van der Waals surface area contributed by atoms with Crippen molar-refractivity contribution in [3.05, 3.63) is 36.8 Å². The zero-order valence-corrected chi connectivity index (χ0v) is 22.0. The van der Waals surface area contributed by atoms with Crippen LogP contribution in [0.2, 0.25) is 0 Å². The first kappa shape index (κ1) is 26.8. The molecule has 0 radical (unpaired) electrons. The fraction of sp³-hybridized carbons (Fsp3) is 0.556. The van der Waals surface area contributed by atoms with Crippen molar-refractivity contribution in [2.24, 2.45) is 0 Å². The van der Waals surface area contributed by atoms with Crippen LogP contribution in [0, 0.1) is 0 Å². The number of benzene rings is 1. The average molecular weight is 511 g/mol. The summed E-state index contributed by atoms with van der Waals surface area (Å²) in [6.45, 7) is 8.75. The highest BCUT2D eigenvalue weighted by Crippen LogP contribution is 2.33. The molecule has 4 rings (SSSR count). The molecule has 1 aromatic carbocycles. The van der Waals surface area contributed by atoms with E-state index in [0.29, 0.717) is 26.3 Å². The lowest BCUT2D eigenvalue weighted by atomic mass is 10.0. The van der Waals surface area contributed by atoms with Crippen LogP contribution < -0.4 is 10.6 Å². The van der Waals surface area contributed by atoms with Gasteiger partial charge in [0.1, 0.15) is 5.60 Å². The number of nitrogens with zero attached hydrogens (tertiary/aromatic N) is 4. The van der Waals surface area contributed by atoms with Crippen LogP contribution >= 0.6 is 0 Å². The summed E-state index contributed by atoms with van der Waals surface area (Å²) in [5.41, 5.74) is 3.58. The van der Waals surface area contributed by atoms with Crippen LogP contribution in [-0.4, -0.2) is 64.6 Å². The number of unbranched alkanes of at least 4 members (excludes halogenated alkanes) is 1. The van der Waals surface area contributed by atoms with Gasteiger partial charge in [0.2, 0.25) is 0 Å². The van der Waals surface area contributed by atoms with Gasteiger partial charge < -0.3 is 24.8 Å². The second-order valence-corrected chi connectivity index (χ2v) is 10.2. The lowest BCUT2D eigenvalue weighted by molar-refractivity contribution is -0.0366. The van der Waals surface area contributed by atoms with Crippen molar-refractivity contribution in [2.45, 2.75) is 64.7 Å². The molecule has 3 heterocycles. The van der Waals surface area contributed by atoms with Gasteiger partial charge in [-0.05, 0) is 76.6 Å². The van der Waals surface area contributed by atoms with E-state index >= 15 is 0 Å². The van der Waals surface area contributed by atoms with Crippen molar-refractivity contribution in [3.63, 3.8) is 0 Å². The third-order valence-corrected chi connectivity index (χ3v) is 6.01. The molecule has 1 aliphatic heterocycles. The molecular weight excluding hydrogens is 472 g/mol. The first-order chi connectivity index (χ1) is 17.9. The Balaban J connectivity index is 1.30. The van der Waals surface area contributed by atoms with E-state index in [2.05, 4.69) is 38.1 Å². The van der Waals surface area contributed by atoms with Crippen LogP contribution in [0.3, 0.4) is 0 Å². The molecule has 1 saturated heterocycles. The van der Waals surface area contributed by atoms with Crippen LogP contribution in [0.4, 0.5) is 10.5 Å². The number of aromatic nitrogens is 4. The molecule has 0 saturated carbocycles. The lowest BCUT2D eigenvalue weighted by Crippen LogP contribution is -2.33. The Morgan fingerprint density at radius 2 is 2.00 bits per heavy atom. The number of carbonyl (C=O) groups excluding carboxylic acids is 1. The van der Waals surface area contributed by atoms with Gasteiger partial charge in [-0.25, -0.2) is 9.48 Å². The summed E-state index contributed by atoms with van der Waals surface area (Å²) < 4.78 is 19.0. The SMILES string of the molecule is CC(C)(C)OC(=O)NCCCCOCCNc1cc(-c2ccnnc2)cc2c1cnn2C1CCCCO1. The Hall–Kier alpha value is -3.24. The van der Waals surface area contributed by atoms with Gasteiger partial charge >= 0.3 is 6.09 Å². The Morgan fingerprint density at radius 1 is 1.11 bits per heavy atom. The fourth-order valence-corrected chi connectivity index (χ4v) is 4.26. The monoisotopic (exact) mass is 510 g/mol. The van der Waals surface area contributed by atoms with E-state index < -0.39 is 5.60 Å². The number of ether oxygens (including phenoxy) is 3. The molecule has 37 heavy (non-hydrogen) atoms. The van der Waals surface area contributed by atoms with Gasteiger partial charge in [-0.2, -0.15) is 15.3 Å². The zero-order chi connectivity index (χ0) is 26.1. The minimum absolute atomic E-state index is 0.0435. The summed E-state index contributed by atoms with van der Waals surface area (Å²) in [6.07, 6.45) is 9.83. The summed E-state index contributed by atoms with van der Waals surface area (Å²) in [6, 6.07) is 6.22. The molecule has 2 N–H and O–H groups in total. The zero-order valence-electron chi connectivity index (χ0n) is 22.0. The lowest BCUT2D eigenvalue weighted by Gasteiger charge is -2.23. The van der Waals surface area contributed by atoms with E-state index in [4.69, 9.17) is 14.2 Å². The number of anilines is 1. The second-order valence-electron chi connectivity index (χ2n) is 10.2. The molecule has 0 aliphatic carbocycles. The maximum atomic E-state index is 11.7. The quantitative estimate of drug-likeness (QED) is 0.349. The van der Waals surface area contributed by atoms with Crippen molar-refractivity contribution in [1.29, 1.82) is 0 Å². The standard InChI is InChI=1S/C27H38N6O4/c1-27(2,3)37-26(34)29-10-5-7-13-35-15-12-28-23-16-21(20-9-11-30-31-18-20)17-24-22(23)19-32-33(24)25-8-4-6-14-36-25/h9,11,16-19,25,28H,4-8,10,12-15H2,1-3H3,(H,29,34). The number of carbonyl (C=O) groups is 1. The van der Waals surface area contributed by atoms with Crippen molar-refractivity contribution in [1.82, 2.24) is 25.3 Å². The molecule has 0 bridgehead atoms. The molecule has 1 aliphatic rings. The number of rotatable bonds is 11. The Bertz CT molecular complexity index is 1140. The third-order valence-electron chi connectivity index (χ3n) is 6.01. The second kappa shape index (κ2) is 12.8. The topological polar surface area (TPSA) is 112 Å². The summed E-state index contributed by atoms with van der Waals surface area (Å²) >= 11 is 0. The van der Waals surface area contributed by atoms with Gasteiger partial charge in [-0.1, -0.05) is 0 Å². The van der Waals surface area contributed by atoms with E-state index in [9.17, 15) is 4.79 Å². The smallest absolute Gasteiger partial charge is 0.407 e. The number of fused-ring (bicyclic) bond motifs is 1. The maximum absolute atomic E-state index is 11.7. The van der Waals surface area contributed by atoms with Crippen molar-refractivity contribution in [2.75, 3.05) is 38.2 Å². The Labute approximate surface area is 218 Å².